The summed E-state index contributed by atoms with van der Waals surface area (Å²) in [7, 11) is 0. The van der Waals surface area contributed by atoms with E-state index in [4.69, 9.17) is 5.11 Å². The minimum absolute atomic E-state index is 0.236. The van der Waals surface area contributed by atoms with Gasteiger partial charge >= 0.3 is 5.97 Å². The van der Waals surface area contributed by atoms with Crippen molar-refractivity contribution in [1.82, 2.24) is 15.0 Å². The maximum absolute atomic E-state index is 10.2. The van der Waals surface area contributed by atoms with Crippen LogP contribution in [0.4, 0.5) is 0 Å². The molecule has 0 aliphatic carbocycles. The molecule has 0 aliphatic heterocycles. The first-order chi connectivity index (χ1) is 6.09. The molecule has 0 aromatic carbocycles. The van der Waals surface area contributed by atoms with Crippen LogP contribution in [-0.4, -0.2) is 26.1 Å². The summed E-state index contributed by atoms with van der Waals surface area (Å²) in [6.45, 7) is 3.94. The van der Waals surface area contributed by atoms with Crippen molar-refractivity contribution in [3.63, 3.8) is 0 Å². The van der Waals surface area contributed by atoms with E-state index >= 15 is 0 Å². The smallest absolute Gasteiger partial charge is 0.328 e. The fraction of sp³-hybridized carbons (Fsp3) is 0.375. The van der Waals surface area contributed by atoms with Crippen molar-refractivity contribution in [3.8, 4) is 0 Å². The van der Waals surface area contributed by atoms with Crippen molar-refractivity contribution >= 4 is 12.0 Å². The number of hydrogen-bond donors (Lipinski definition) is 1. The van der Waals surface area contributed by atoms with Gasteiger partial charge in [-0.05, 0) is 19.9 Å². The Balaban J connectivity index is 2.75. The Kier molecular flexibility index (Phi) is 2.79. The molecule has 1 aromatic heterocycles. The molecule has 70 valence electrons. The first-order valence-electron chi connectivity index (χ1n) is 3.92. The third kappa shape index (κ3) is 2.70. The molecule has 5 nitrogen and oxygen atoms in total. The van der Waals surface area contributed by atoms with Gasteiger partial charge < -0.3 is 5.11 Å². The van der Waals surface area contributed by atoms with E-state index in [9.17, 15) is 4.79 Å². The van der Waals surface area contributed by atoms with Crippen LogP contribution in [0.5, 0.6) is 0 Å². The molecule has 1 N–H and O–H groups in total. The maximum atomic E-state index is 10.2. The molecule has 0 bridgehead atoms. The average molecular weight is 181 g/mol. The summed E-state index contributed by atoms with van der Waals surface area (Å²) in [6.07, 6.45) is 4.15. The lowest BCUT2D eigenvalue weighted by atomic mass is 10.4. The summed E-state index contributed by atoms with van der Waals surface area (Å²) in [6, 6.07) is 0.236. The normalized spacial score (nSPS) is 11.3. The molecule has 1 heterocycles. The maximum Gasteiger partial charge on any atom is 0.328 e. The van der Waals surface area contributed by atoms with Crippen molar-refractivity contribution in [2.24, 2.45) is 0 Å². The van der Waals surface area contributed by atoms with Gasteiger partial charge in [-0.15, -0.1) is 5.10 Å². The van der Waals surface area contributed by atoms with E-state index < -0.39 is 5.97 Å². The number of nitrogens with zero attached hydrogens (tertiary/aromatic N) is 3. The van der Waals surface area contributed by atoms with Crippen LogP contribution in [0.15, 0.2) is 12.3 Å². The van der Waals surface area contributed by atoms with E-state index in [1.54, 1.807) is 10.9 Å². The Morgan fingerprint density at radius 1 is 1.69 bits per heavy atom. The van der Waals surface area contributed by atoms with Crippen LogP contribution in [0, 0.1) is 0 Å². The van der Waals surface area contributed by atoms with Gasteiger partial charge in [0, 0.05) is 12.1 Å². The van der Waals surface area contributed by atoms with Crippen molar-refractivity contribution in [1.29, 1.82) is 0 Å². The van der Waals surface area contributed by atoms with E-state index in [-0.39, 0.29) is 6.04 Å². The molecule has 0 amide bonds. The minimum Gasteiger partial charge on any atom is -0.478 e. The molecule has 0 saturated heterocycles. The van der Waals surface area contributed by atoms with E-state index in [1.165, 1.54) is 6.08 Å². The molecule has 0 radical (unpaired) electrons. The monoisotopic (exact) mass is 181 g/mol. The lowest BCUT2D eigenvalue weighted by molar-refractivity contribution is -0.131. The Labute approximate surface area is 75.7 Å². The average Bonchev–Trinajstić information content (AvgIpc) is 2.48. The number of rotatable bonds is 3. The number of aliphatic carboxylic acids is 1. The SMILES string of the molecule is CC(C)n1cc(C=CC(=O)O)nn1. The molecule has 0 unspecified atom stereocenters. The predicted octanol–water partition coefficient (Wildman–Crippen LogP) is 0.957. The van der Waals surface area contributed by atoms with Gasteiger partial charge in [0.1, 0.15) is 5.69 Å². The second-order valence-corrected chi connectivity index (χ2v) is 2.89. The molecule has 0 saturated carbocycles. The molecular weight excluding hydrogens is 170 g/mol. The van der Waals surface area contributed by atoms with Gasteiger partial charge in [0.2, 0.25) is 0 Å². The third-order valence-corrected chi connectivity index (χ3v) is 1.45. The van der Waals surface area contributed by atoms with Gasteiger partial charge in [-0.2, -0.15) is 0 Å². The van der Waals surface area contributed by atoms with E-state index in [0.717, 1.165) is 6.08 Å². The van der Waals surface area contributed by atoms with Crippen LogP contribution >= 0.6 is 0 Å². The number of carboxylic acids is 1. The molecule has 0 aliphatic rings. The van der Waals surface area contributed by atoms with Crippen LogP contribution in [0.25, 0.3) is 6.08 Å². The lowest BCUT2D eigenvalue weighted by Gasteiger charge is -2.00. The number of carboxylic acid groups (broad SMARTS) is 1. The topological polar surface area (TPSA) is 68.0 Å². The third-order valence-electron chi connectivity index (χ3n) is 1.45. The summed E-state index contributed by atoms with van der Waals surface area (Å²) < 4.78 is 1.67. The van der Waals surface area contributed by atoms with Gasteiger partial charge in [-0.25, -0.2) is 9.48 Å². The summed E-state index contributed by atoms with van der Waals surface area (Å²) in [4.78, 5) is 10.2. The Hall–Kier alpha value is -1.65. The molecule has 1 rings (SSSR count). The van der Waals surface area contributed by atoms with Crippen molar-refractivity contribution in [3.05, 3.63) is 18.0 Å². The number of hydrogen-bond acceptors (Lipinski definition) is 3. The largest absolute Gasteiger partial charge is 0.478 e. The van der Waals surface area contributed by atoms with Crippen LogP contribution < -0.4 is 0 Å². The fourth-order valence-corrected chi connectivity index (χ4v) is 0.776. The first-order valence-corrected chi connectivity index (χ1v) is 3.92. The van der Waals surface area contributed by atoms with Crippen molar-refractivity contribution in [2.75, 3.05) is 0 Å². The summed E-state index contributed by atoms with van der Waals surface area (Å²) in [5, 5.41) is 15.9. The molecule has 0 atom stereocenters. The van der Waals surface area contributed by atoms with Crippen molar-refractivity contribution < 1.29 is 9.90 Å². The number of carbonyl (C=O) groups is 1. The van der Waals surface area contributed by atoms with Crippen LogP contribution in [0.1, 0.15) is 25.6 Å². The number of aromatic nitrogens is 3. The molecule has 1 aromatic rings. The van der Waals surface area contributed by atoms with Crippen molar-refractivity contribution in [2.45, 2.75) is 19.9 Å². The van der Waals surface area contributed by atoms with Gasteiger partial charge in [-0.3, -0.25) is 0 Å². The molecule has 0 fully saturated rings. The lowest BCUT2D eigenvalue weighted by Crippen LogP contribution is -2.00. The van der Waals surface area contributed by atoms with Gasteiger partial charge in [0.05, 0.1) is 6.20 Å². The summed E-state index contributed by atoms with van der Waals surface area (Å²) >= 11 is 0. The highest BCUT2D eigenvalue weighted by molar-refractivity contribution is 5.84. The first kappa shape index (κ1) is 9.44. The minimum atomic E-state index is -0.987. The highest BCUT2D eigenvalue weighted by Crippen LogP contribution is 2.03. The van der Waals surface area contributed by atoms with Gasteiger partial charge in [0.25, 0.3) is 0 Å². The molecular formula is C8H11N3O2. The zero-order valence-electron chi connectivity index (χ0n) is 7.51. The van der Waals surface area contributed by atoms with Crippen LogP contribution in [-0.2, 0) is 4.79 Å². The molecule has 5 heteroatoms. The standard InChI is InChI=1S/C8H11N3O2/c1-6(2)11-5-7(9-10-11)3-4-8(12)13/h3-6H,1-2H3,(H,12,13). The van der Waals surface area contributed by atoms with Gasteiger partial charge in [-0.1, -0.05) is 5.21 Å². The Bertz CT molecular complexity index is 328. The second-order valence-electron chi connectivity index (χ2n) is 2.89. The van der Waals surface area contributed by atoms with E-state index in [1.807, 2.05) is 13.8 Å². The van der Waals surface area contributed by atoms with E-state index in [2.05, 4.69) is 10.3 Å². The zero-order valence-corrected chi connectivity index (χ0v) is 7.51. The van der Waals surface area contributed by atoms with Crippen LogP contribution in [0.3, 0.4) is 0 Å². The molecule has 0 spiro atoms. The van der Waals surface area contributed by atoms with Gasteiger partial charge in [0.15, 0.2) is 0 Å². The van der Waals surface area contributed by atoms with Crippen LogP contribution in [0.2, 0.25) is 0 Å². The summed E-state index contributed by atoms with van der Waals surface area (Å²) in [5.74, 6) is -0.987. The second kappa shape index (κ2) is 3.84. The predicted molar refractivity (Wildman–Crippen MR) is 47.1 cm³/mol. The summed E-state index contributed by atoms with van der Waals surface area (Å²) in [5.41, 5.74) is 0.552. The Morgan fingerprint density at radius 2 is 2.38 bits per heavy atom. The zero-order chi connectivity index (χ0) is 9.84. The quantitative estimate of drug-likeness (QED) is 0.705. The van der Waals surface area contributed by atoms with E-state index in [0.29, 0.717) is 5.69 Å². The highest BCUT2D eigenvalue weighted by Gasteiger charge is 2.00. The highest BCUT2D eigenvalue weighted by atomic mass is 16.4. The molecule has 13 heavy (non-hydrogen) atoms. The fourth-order valence-electron chi connectivity index (χ4n) is 0.776. The Morgan fingerprint density at radius 3 is 2.85 bits per heavy atom.